The van der Waals surface area contributed by atoms with Gasteiger partial charge in [-0.3, -0.25) is 9.59 Å². The Morgan fingerprint density at radius 1 is 1.23 bits per heavy atom. The summed E-state index contributed by atoms with van der Waals surface area (Å²) in [6.07, 6.45) is 0.339. The van der Waals surface area contributed by atoms with Crippen LogP contribution < -0.4 is 19.1 Å². The molecule has 0 N–H and O–H groups in total. The van der Waals surface area contributed by atoms with Gasteiger partial charge in [0, 0.05) is 11.1 Å². The third-order valence-electron chi connectivity index (χ3n) is 4.17. The van der Waals surface area contributed by atoms with E-state index in [9.17, 15) is 9.59 Å². The fourth-order valence-corrected chi connectivity index (χ4v) is 4.15. The number of benzene rings is 2. The number of thioether (sulfide) groups is 1. The Labute approximate surface area is 159 Å². The van der Waals surface area contributed by atoms with E-state index in [1.165, 1.54) is 4.90 Å². The first-order valence-corrected chi connectivity index (χ1v) is 9.09. The van der Waals surface area contributed by atoms with Crippen LogP contribution in [0.25, 0.3) is 0 Å². The number of anilines is 1. The zero-order valence-electron chi connectivity index (χ0n) is 13.7. The van der Waals surface area contributed by atoms with Crippen molar-refractivity contribution < 1.29 is 23.8 Å². The summed E-state index contributed by atoms with van der Waals surface area (Å²) in [7, 11) is 1.55. The largest absolute Gasteiger partial charge is 0.496 e. The molecule has 0 unspecified atom stereocenters. The highest BCUT2D eigenvalue weighted by atomic mass is 35.5. The SMILES string of the molecule is COc1cc2c(cc1C[C@@H]1SC(=O)N(c3cccc(Cl)c3)C1=O)OCO2. The lowest BCUT2D eigenvalue weighted by molar-refractivity contribution is -0.117. The van der Waals surface area contributed by atoms with E-state index < -0.39 is 5.25 Å². The molecule has 1 atom stereocenters. The monoisotopic (exact) mass is 391 g/mol. The molecule has 0 radical (unpaired) electrons. The number of hydrogen-bond acceptors (Lipinski definition) is 6. The minimum absolute atomic E-state index is 0.153. The van der Waals surface area contributed by atoms with Crippen LogP contribution in [0.4, 0.5) is 10.5 Å². The maximum Gasteiger partial charge on any atom is 0.293 e. The van der Waals surface area contributed by atoms with E-state index in [0.717, 1.165) is 17.3 Å². The van der Waals surface area contributed by atoms with Crippen LogP contribution in [0.3, 0.4) is 0 Å². The third-order valence-corrected chi connectivity index (χ3v) is 5.44. The highest BCUT2D eigenvalue weighted by molar-refractivity contribution is 8.15. The van der Waals surface area contributed by atoms with E-state index in [0.29, 0.717) is 34.4 Å². The number of methoxy groups -OCH3 is 1. The molecule has 26 heavy (non-hydrogen) atoms. The number of ether oxygens (including phenoxy) is 3. The molecule has 0 aromatic heterocycles. The Morgan fingerprint density at radius 2 is 2.00 bits per heavy atom. The van der Waals surface area contributed by atoms with Gasteiger partial charge in [-0.1, -0.05) is 29.4 Å². The second-order valence-electron chi connectivity index (χ2n) is 5.75. The molecule has 2 amide bonds. The first-order valence-electron chi connectivity index (χ1n) is 7.83. The molecule has 1 fully saturated rings. The number of amides is 2. The smallest absolute Gasteiger partial charge is 0.293 e. The van der Waals surface area contributed by atoms with Crippen LogP contribution in [-0.4, -0.2) is 30.3 Å². The number of fused-ring (bicyclic) bond motifs is 1. The fourth-order valence-electron chi connectivity index (χ4n) is 2.95. The maximum atomic E-state index is 12.8. The Balaban J connectivity index is 1.60. The van der Waals surface area contributed by atoms with E-state index in [1.807, 2.05) is 0 Å². The van der Waals surface area contributed by atoms with Gasteiger partial charge in [-0.2, -0.15) is 0 Å². The number of halogens is 1. The molecule has 0 aliphatic carbocycles. The van der Waals surface area contributed by atoms with E-state index in [2.05, 4.69) is 0 Å². The van der Waals surface area contributed by atoms with Gasteiger partial charge in [0.25, 0.3) is 5.24 Å². The minimum atomic E-state index is -0.546. The first kappa shape index (κ1) is 17.1. The van der Waals surface area contributed by atoms with Crippen LogP contribution >= 0.6 is 23.4 Å². The van der Waals surface area contributed by atoms with Gasteiger partial charge in [0.2, 0.25) is 12.7 Å². The molecule has 4 rings (SSSR count). The molecule has 6 nitrogen and oxygen atoms in total. The van der Waals surface area contributed by atoms with Crippen molar-refractivity contribution in [3.8, 4) is 17.2 Å². The number of rotatable bonds is 4. The maximum absolute atomic E-state index is 12.8. The molecule has 0 spiro atoms. The molecular weight excluding hydrogens is 378 g/mol. The van der Waals surface area contributed by atoms with Crippen molar-refractivity contribution in [1.29, 1.82) is 0 Å². The first-order chi connectivity index (χ1) is 12.6. The van der Waals surface area contributed by atoms with Crippen LogP contribution in [0.15, 0.2) is 36.4 Å². The van der Waals surface area contributed by atoms with Gasteiger partial charge in [0.1, 0.15) is 5.75 Å². The van der Waals surface area contributed by atoms with Gasteiger partial charge < -0.3 is 14.2 Å². The molecule has 2 heterocycles. The molecule has 134 valence electrons. The second kappa shape index (κ2) is 6.74. The normalized spacial score (nSPS) is 18.5. The van der Waals surface area contributed by atoms with Crippen molar-refractivity contribution in [2.24, 2.45) is 0 Å². The number of hydrogen-bond donors (Lipinski definition) is 0. The molecule has 2 aliphatic heterocycles. The van der Waals surface area contributed by atoms with E-state index >= 15 is 0 Å². The number of imide groups is 1. The summed E-state index contributed by atoms with van der Waals surface area (Å²) in [4.78, 5) is 26.4. The third kappa shape index (κ3) is 2.97. The Kier molecular flexibility index (Phi) is 4.42. The van der Waals surface area contributed by atoms with Crippen molar-refractivity contribution in [3.05, 3.63) is 47.0 Å². The summed E-state index contributed by atoms with van der Waals surface area (Å²) in [5.41, 5.74) is 1.25. The average Bonchev–Trinajstić information content (AvgIpc) is 3.18. The highest BCUT2D eigenvalue weighted by Gasteiger charge is 2.41. The number of carbonyl (C=O) groups excluding carboxylic acids is 2. The van der Waals surface area contributed by atoms with E-state index in [1.54, 1.807) is 43.5 Å². The Hall–Kier alpha value is -2.38. The molecule has 2 aromatic carbocycles. The molecular formula is C18H14ClNO5S. The summed E-state index contributed by atoms with van der Waals surface area (Å²) in [6, 6.07) is 10.2. The number of carbonyl (C=O) groups is 2. The van der Waals surface area contributed by atoms with Gasteiger partial charge in [0.05, 0.1) is 18.0 Å². The lowest BCUT2D eigenvalue weighted by Crippen LogP contribution is -2.32. The van der Waals surface area contributed by atoms with Gasteiger partial charge >= 0.3 is 0 Å². The van der Waals surface area contributed by atoms with Gasteiger partial charge in [-0.05, 0) is 36.2 Å². The summed E-state index contributed by atoms with van der Waals surface area (Å²) in [6.45, 7) is 0.153. The van der Waals surface area contributed by atoms with Gasteiger partial charge in [-0.15, -0.1) is 0 Å². The molecule has 0 saturated carbocycles. The van der Waals surface area contributed by atoms with Crippen LogP contribution in [0.2, 0.25) is 5.02 Å². The van der Waals surface area contributed by atoms with Crippen LogP contribution in [-0.2, 0) is 11.2 Å². The molecule has 2 aromatic rings. The van der Waals surface area contributed by atoms with E-state index in [4.69, 9.17) is 25.8 Å². The molecule has 8 heteroatoms. The predicted octanol–water partition coefficient (Wildman–Crippen LogP) is 3.89. The molecule has 0 bridgehead atoms. The van der Waals surface area contributed by atoms with Crippen molar-refractivity contribution in [2.45, 2.75) is 11.7 Å². The Bertz CT molecular complexity index is 903. The van der Waals surface area contributed by atoms with Crippen LogP contribution in [0, 0.1) is 0 Å². The lowest BCUT2D eigenvalue weighted by Gasteiger charge is -2.15. The van der Waals surface area contributed by atoms with Crippen molar-refractivity contribution >= 4 is 40.2 Å². The summed E-state index contributed by atoms with van der Waals surface area (Å²) < 4.78 is 16.1. The van der Waals surface area contributed by atoms with Gasteiger partial charge in [0.15, 0.2) is 11.5 Å². The van der Waals surface area contributed by atoms with Gasteiger partial charge in [-0.25, -0.2) is 4.90 Å². The lowest BCUT2D eigenvalue weighted by atomic mass is 10.1. The Morgan fingerprint density at radius 3 is 2.73 bits per heavy atom. The molecule has 2 aliphatic rings. The average molecular weight is 392 g/mol. The summed E-state index contributed by atoms with van der Waals surface area (Å²) in [5, 5.41) is -0.397. The zero-order valence-corrected chi connectivity index (χ0v) is 15.3. The van der Waals surface area contributed by atoms with Crippen molar-refractivity contribution in [1.82, 2.24) is 0 Å². The fraction of sp³-hybridized carbons (Fsp3) is 0.222. The zero-order chi connectivity index (χ0) is 18.3. The molecule has 1 saturated heterocycles. The summed E-state index contributed by atoms with van der Waals surface area (Å²) >= 11 is 6.98. The van der Waals surface area contributed by atoms with Crippen LogP contribution in [0.1, 0.15) is 5.56 Å². The van der Waals surface area contributed by atoms with Crippen molar-refractivity contribution in [2.75, 3.05) is 18.8 Å². The topological polar surface area (TPSA) is 65.1 Å². The second-order valence-corrected chi connectivity index (χ2v) is 7.34. The van der Waals surface area contributed by atoms with Crippen LogP contribution in [0.5, 0.6) is 17.2 Å². The summed E-state index contributed by atoms with van der Waals surface area (Å²) in [5.74, 6) is 1.53. The quantitative estimate of drug-likeness (QED) is 0.787. The van der Waals surface area contributed by atoms with E-state index in [-0.39, 0.29) is 17.9 Å². The number of nitrogens with zero attached hydrogens (tertiary/aromatic N) is 1. The standard InChI is InChI=1S/C18H14ClNO5S/c1-23-13-8-15-14(24-9-25-15)5-10(13)6-16-17(21)20(18(22)26-16)12-4-2-3-11(19)7-12/h2-5,7-8,16H,6,9H2,1H3/t16-/m0/s1. The van der Waals surface area contributed by atoms with Crippen molar-refractivity contribution in [3.63, 3.8) is 0 Å². The highest BCUT2D eigenvalue weighted by Crippen LogP contribution is 2.41. The minimum Gasteiger partial charge on any atom is -0.496 e. The predicted molar refractivity (Wildman–Crippen MR) is 98.5 cm³/mol.